The van der Waals surface area contributed by atoms with E-state index >= 15 is 0 Å². The van der Waals surface area contributed by atoms with Crippen molar-refractivity contribution in [2.45, 2.75) is 39.5 Å². The second-order valence-corrected chi connectivity index (χ2v) is 5.30. The Bertz CT molecular complexity index is 571. The molecule has 0 radical (unpaired) electrons. The van der Waals surface area contributed by atoms with Crippen LogP contribution in [0.15, 0.2) is 24.3 Å². The van der Waals surface area contributed by atoms with Gasteiger partial charge in [0.05, 0.1) is 6.42 Å². The highest BCUT2D eigenvalue weighted by Crippen LogP contribution is 2.25. The lowest BCUT2D eigenvalue weighted by Gasteiger charge is -2.10. The number of rotatable bonds is 6. The first-order valence-electron chi connectivity index (χ1n) is 6.92. The van der Waals surface area contributed by atoms with Crippen LogP contribution in [-0.4, -0.2) is 16.1 Å². The molecule has 0 aliphatic heterocycles. The molecule has 1 unspecified atom stereocenters. The highest BCUT2D eigenvalue weighted by atomic mass is 16.4. The third-order valence-corrected chi connectivity index (χ3v) is 3.56. The molecule has 102 valence electrons. The van der Waals surface area contributed by atoms with Gasteiger partial charge in [0.15, 0.2) is 0 Å². The van der Waals surface area contributed by atoms with Crippen molar-refractivity contribution in [2.24, 2.45) is 5.92 Å². The Morgan fingerprint density at radius 3 is 2.79 bits per heavy atom. The van der Waals surface area contributed by atoms with Gasteiger partial charge >= 0.3 is 5.97 Å². The standard InChI is InChI=1S/C16H21NO2/c1-3-6-11(2)9-15-13(10-16(18)19)12-7-4-5-8-14(12)17-15/h4-5,7-8,11,17H,3,6,9-10H2,1-2H3,(H,18,19). The molecule has 2 N–H and O–H groups in total. The summed E-state index contributed by atoms with van der Waals surface area (Å²) in [5, 5.41) is 10.1. The van der Waals surface area contributed by atoms with E-state index in [1.54, 1.807) is 0 Å². The van der Waals surface area contributed by atoms with E-state index in [0.29, 0.717) is 5.92 Å². The molecule has 0 fully saturated rings. The van der Waals surface area contributed by atoms with E-state index in [4.69, 9.17) is 5.11 Å². The van der Waals surface area contributed by atoms with Gasteiger partial charge in [0.25, 0.3) is 0 Å². The number of nitrogens with one attached hydrogen (secondary N) is 1. The minimum atomic E-state index is -0.769. The van der Waals surface area contributed by atoms with Crippen LogP contribution in [0.2, 0.25) is 0 Å². The molecular weight excluding hydrogens is 238 g/mol. The zero-order valence-corrected chi connectivity index (χ0v) is 11.6. The number of para-hydroxylation sites is 1. The lowest BCUT2D eigenvalue weighted by molar-refractivity contribution is -0.136. The fourth-order valence-electron chi connectivity index (χ4n) is 2.73. The summed E-state index contributed by atoms with van der Waals surface area (Å²) in [5.41, 5.74) is 3.08. The molecule has 0 bridgehead atoms. The summed E-state index contributed by atoms with van der Waals surface area (Å²) in [7, 11) is 0. The predicted octanol–water partition coefficient (Wildman–Crippen LogP) is 3.77. The van der Waals surface area contributed by atoms with Crippen molar-refractivity contribution in [1.29, 1.82) is 0 Å². The van der Waals surface area contributed by atoms with Crippen molar-refractivity contribution >= 4 is 16.9 Å². The second kappa shape index (κ2) is 5.91. The summed E-state index contributed by atoms with van der Waals surface area (Å²) < 4.78 is 0. The molecule has 0 aliphatic rings. The highest BCUT2D eigenvalue weighted by Gasteiger charge is 2.15. The summed E-state index contributed by atoms with van der Waals surface area (Å²) in [4.78, 5) is 14.5. The Balaban J connectivity index is 2.37. The zero-order valence-electron chi connectivity index (χ0n) is 11.6. The molecule has 3 nitrogen and oxygen atoms in total. The van der Waals surface area contributed by atoms with Crippen molar-refractivity contribution in [2.75, 3.05) is 0 Å². The number of fused-ring (bicyclic) bond motifs is 1. The molecular formula is C16H21NO2. The molecule has 0 saturated heterocycles. The first kappa shape index (κ1) is 13.7. The molecule has 1 heterocycles. The number of carboxylic acid groups (broad SMARTS) is 1. The van der Waals surface area contributed by atoms with Crippen LogP contribution >= 0.6 is 0 Å². The van der Waals surface area contributed by atoms with Crippen LogP contribution in [0.25, 0.3) is 10.9 Å². The Morgan fingerprint density at radius 2 is 2.11 bits per heavy atom. The number of hydrogen-bond donors (Lipinski definition) is 2. The van der Waals surface area contributed by atoms with E-state index in [2.05, 4.69) is 18.8 Å². The monoisotopic (exact) mass is 259 g/mol. The first-order valence-corrected chi connectivity index (χ1v) is 6.92. The number of carbonyl (C=O) groups is 1. The fraction of sp³-hybridized carbons (Fsp3) is 0.438. The van der Waals surface area contributed by atoms with Gasteiger partial charge in [-0.2, -0.15) is 0 Å². The summed E-state index contributed by atoms with van der Waals surface area (Å²) >= 11 is 0. The Labute approximate surface area is 113 Å². The quantitative estimate of drug-likeness (QED) is 0.829. The second-order valence-electron chi connectivity index (χ2n) is 5.30. The first-order chi connectivity index (χ1) is 9.11. The van der Waals surface area contributed by atoms with Crippen molar-refractivity contribution < 1.29 is 9.90 Å². The van der Waals surface area contributed by atoms with Gasteiger partial charge in [-0.3, -0.25) is 4.79 Å². The van der Waals surface area contributed by atoms with E-state index in [9.17, 15) is 4.79 Å². The minimum Gasteiger partial charge on any atom is -0.481 e. The maximum atomic E-state index is 11.1. The maximum absolute atomic E-state index is 11.1. The number of H-pyrrole nitrogens is 1. The topological polar surface area (TPSA) is 53.1 Å². The van der Waals surface area contributed by atoms with Gasteiger partial charge < -0.3 is 10.1 Å². The minimum absolute atomic E-state index is 0.0954. The normalized spacial score (nSPS) is 12.7. The molecule has 2 aromatic rings. The van der Waals surface area contributed by atoms with E-state index in [0.717, 1.165) is 35.0 Å². The van der Waals surface area contributed by atoms with Gasteiger partial charge in [-0.05, 0) is 24.0 Å². The fourth-order valence-corrected chi connectivity index (χ4v) is 2.73. The van der Waals surface area contributed by atoms with Crippen molar-refractivity contribution in [3.05, 3.63) is 35.5 Å². The Hall–Kier alpha value is -1.77. The van der Waals surface area contributed by atoms with E-state index in [-0.39, 0.29) is 6.42 Å². The smallest absolute Gasteiger partial charge is 0.307 e. The molecule has 0 saturated carbocycles. The van der Waals surface area contributed by atoms with Gasteiger partial charge in [0.1, 0.15) is 0 Å². The molecule has 3 heteroatoms. The number of aromatic amines is 1. The molecule has 2 rings (SSSR count). The van der Waals surface area contributed by atoms with Gasteiger partial charge in [-0.15, -0.1) is 0 Å². The summed E-state index contributed by atoms with van der Waals surface area (Å²) in [6.07, 6.45) is 3.35. The predicted molar refractivity (Wildman–Crippen MR) is 77.4 cm³/mol. The van der Waals surface area contributed by atoms with Crippen LogP contribution in [0, 0.1) is 5.92 Å². The Morgan fingerprint density at radius 1 is 1.37 bits per heavy atom. The van der Waals surface area contributed by atoms with Crippen LogP contribution in [0.4, 0.5) is 0 Å². The zero-order chi connectivity index (χ0) is 13.8. The summed E-state index contributed by atoms with van der Waals surface area (Å²) in [5.74, 6) is -0.195. The number of benzene rings is 1. The van der Waals surface area contributed by atoms with Gasteiger partial charge in [0.2, 0.25) is 0 Å². The van der Waals surface area contributed by atoms with Crippen molar-refractivity contribution in [1.82, 2.24) is 4.98 Å². The molecule has 1 aromatic heterocycles. The van der Waals surface area contributed by atoms with Gasteiger partial charge in [-0.1, -0.05) is 44.9 Å². The SMILES string of the molecule is CCCC(C)Cc1[nH]c2ccccc2c1CC(=O)O. The number of carboxylic acids is 1. The third-order valence-electron chi connectivity index (χ3n) is 3.56. The highest BCUT2D eigenvalue weighted by molar-refractivity contribution is 5.88. The molecule has 1 atom stereocenters. The van der Waals surface area contributed by atoms with E-state index < -0.39 is 5.97 Å². The van der Waals surface area contributed by atoms with Crippen LogP contribution in [-0.2, 0) is 17.6 Å². The molecule has 0 amide bonds. The van der Waals surface area contributed by atoms with Gasteiger partial charge in [-0.25, -0.2) is 0 Å². The molecule has 0 aliphatic carbocycles. The number of hydrogen-bond acceptors (Lipinski definition) is 1. The molecule has 1 aromatic carbocycles. The largest absolute Gasteiger partial charge is 0.481 e. The Kier molecular flexibility index (Phi) is 4.25. The van der Waals surface area contributed by atoms with E-state index in [1.807, 2.05) is 24.3 Å². The van der Waals surface area contributed by atoms with Crippen LogP contribution in [0.3, 0.4) is 0 Å². The lowest BCUT2D eigenvalue weighted by Crippen LogP contribution is -2.06. The number of aliphatic carboxylic acids is 1. The molecule has 0 spiro atoms. The van der Waals surface area contributed by atoms with E-state index in [1.165, 1.54) is 6.42 Å². The third kappa shape index (κ3) is 3.16. The summed E-state index contributed by atoms with van der Waals surface area (Å²) in [6, 6.07) is 7.94. The lowest BCUT2D eigenvalue weighted by atomic mass is 9.96. The van der Waals surface area contributed by atoms with Crippen LogP contribution in [0.5, 0.6) is 0 Å². The van der Waals surface area contributed by atoms with Crippen molar-refractivity contribution in [3.8, 4) is 0 Å². The summed E-state index contributed by atoms with van der Waals surface area (Å²) in [6.45, 7) is 4.40. The van der Waals surface area contributed by atoms with Crippen molar-refractivity contribution in [3.63, 3.8) is 0 Å². The maximum Gasteiger partial charge on any atom is 0.307 e. The van der Waals surface area contributed by atoms with Crippen LogP contribution < -0.4 is 0 Å². The average molecular weight is 259 g/mol. The number of aromatic nitrogens is 1. The van der Waals surface area contributed by atoms with Crippen LogP contribution in [0.1, 0.15) is 37.9 Å². The average Bonchev–Trinajstić information content (AvgIpc) is 2.67. The molecule has 19 heavy (non-hydrogen) atoms. The van der Waals surface area contributed by atoms with Gasteiger partial charge in [0, 0.05) is 16.6 Å².